The number of benzene rings is 1. The molecule has 1 aromatic carbocycles. The number of halogens is 4. The Balaban J connectivity index is 2.72. The molecule has 0 amide bonds. The van der Waals surface area contributed by atoms with Crippen LogP contribution in [0.5, 0.6) is 0 Å². The van der Waals surface area contributed by atoms with E-state index in [1.165, 1.54) is 12.1 Å². The third-order valence-electron chi connectivity index (χ3n) is 1.66. The number of hydrogen-bond acceptors (Lipinski definition) is 1. The molecule has 1 N–H and O–H groups in total. The number of anilines is 1. The first-order valence-electron chi connectivity index (χ1n) is 4.24. The first kappa shape index (κ1) is 12.8. The summed E-state index contributed by atoms with van der Waals surface area (Å²) >= 11 is 14.6. The van der Waals surface area contributed by atoms with E-state index in [9.17, 15) is 4.39 Å². The summed E-state index contributed by atoms with van der Waals surface area (Å²) in [5.41, 5.74) is 0.678. The van der Waals surface area contributed by atoms with Crippen LogP contribution in [0, 0.1) is 5.82 Å². The number of rotatable bonds is 4. The molecule has 0 aliphatic heterocycles. The summed E-state index contributed by atoms with van der Waals surface area (Å²) in [7, 11) is 0. The van der Waals surface area contributed by atoms with Crippen molar-refractivity contribution in [3.8, 4) is 0 Å². The van der Waals surface area contributed by atoms with Gasteiger partial charge in [0, 0.05) is 16.9 Å². The molecule has 0 atom stereocenters. The van der Waals surface area contributed by atoms with E-state index in [1.54, 1.807) is 0 Å². The van der Waals surface area contributed by atoms with Crippen LogP contribution in [0.25, 0.3) is 0 Å². The fourth-order valence-electron chi connectivity index (χ4n) is 1.02. The molecule has 5 heteroatoms. The van der Waals surface area contributed by atoms with Crippen LogP contribution >= 0.6 is 39.1 Å². The first-order valence-corrected chi connectivity index (χ1v) is 5.95. The molecule has 15 heavy (non-hydrogen) atoms. The molecule has 0 aliphatic carbocycles. The number of alkyl halides is 1. The Kier molecular flexibility index (Phi) is 5.43. The van der Waals surface area contributed by atoms with Gasteiger partial charge < -0.3 is 5.32 Å². The molecule has 82 valence electrons. The lowest BCUT2D eigenvalue weighted by atomic mass is 10.3. The van der Waals surface area contributed by atoms with E-state index in [0.29, 0.717) is 27.6 Å². The molecule has 1 nitrogen and oxygen atoms in total. The predicted octanol–water partition coefficient (Wildman–Crippen LogP) is 4.45. The zero-order chi connectivity index (χ0) is 11.3. The number of allylic oxidation sites excluding steroid dienone is 1. The molecule has 0 fully saturated rings. The molecule has 0 saturated carbocycles. The van der Waals surface area contributed by atoms with Crippen molar-refractivity contribution in [2.45, 2.75) is 0 Å². The van der Waals surface area contributed by atoms with Gasteiger partial charge >= 0.3 is 0 Å². The molecule has 0 spiro atoms. The monoisotopic (exact) mass is 311 g/mol. The number of nitrogens with one attached hydrogen (secondary N) is 1. The molecule has 0 heterocycles. The SMILES string of the molecule is Fc1cc(Cl)c(NC/C=C/CCl)c(Br)c1. The van der Waals surface area contributed by atoms with Crippen molar-refractivity contribution >= 4 is 44.8 Å². The van der Waals surface area contributed by atoms with E-state index in [2.05, 4.69) is 21.2 Å². The average molecular weight is 313 g/mol. The van der Waals surface area contributed by atoms with Gasteiger partial charge in [0.15, 0.2) is 0 Å². The van der Waals surface area contributed by atoms with Crippen LogP contribution < -0.4 is 5.32 Å². The van der Waals surface area contributed by atoms with Gasteiger partial charge in [0.1, 0.15) is 5.82 Å². The molecule has 0 unspecified atom stereocenters. The van der Waals surface area contributed by atoms with Crippen molar-refractivity contribution in [1.82, 2.24) is 0 Å². The summed E-state index contributed by atoms with van der Waals surface area (Å²) in [6.07, 6.45) is 3.69. The second kappa shape index (κ2) is 6.36. The first-order chi connectivity index (χ1) is 7.15. The van der Waals surface area contributed by atoms with E-state index in [4.69, 9.17) is 23.2 Å². The molecule has 1 rings (SSSR count). The van der Waals surface area contributed by atoms with Gasteiger partial charge in [-0.3, -0.25) is 0 Å². The topological polar surface area (TPSA) is 12.0 Å². The van der Waals surface area contributed by atoms with Crippen LogP contribution in [0.1, 0.15) is 0 Å². The van der Waals surface area contributed by atoms with Crippen molar-refractivity contribution in [3.05, 3.63) is 39.6 Å². The summed E-state index contributed by atoms with van der Waals surface area (Å²) in [6, 6.07) is 2.62. The Bertz CT molecular complexity index is 345. The van der Waals surface area contributed by atoms with E-state index in [1.807, 2.05) is 12.2 Å². The molecule has 0 aliphatic rings. The van der Waals surface area contributed by atoms with Crippen LogP contribution in [0.15, 0.2) is 28.8 Å². The minimum absolute atomic E-state index is 0.348. The van der Waals surface area contributed by atoms with Crippen molar-refractivity contribution in [1.29, 1.82) is 0 Å². The van der Waals surface area contributed by atoms with Gasteiger partial charge in [-0.05, 0) is 28.1 Å². The fraction of sp³-hybridized carbons (Fsp3) is 0.200. The maximum absolute atomic E-state index is 12.9. The van der Waals surface area contributed by atoms with E-state index >= 15 is 0 Å². The van der Waals surface area contributed by atoms with E-state index < -0.39 is 0 Å². The maximum Gasteiger partial charge on any atom is 0.125 e. The Morgan fingerprint density at radius 3 is 2.73 bits per heavy atom. The van der Waals surface area contributed by atoms with Gasteiger partial charge in [0.25, 0.3) is 0 Å². The molecule has 0 saturated heterocycles. The van der Waals surface area contributed by atoms with Gasteiger partial charge in [0.2, 0.25) is 0 Å². The minimum Gasteiger partial charge on any atom is -0.379 e. The third kappa shape index (κ3) is 4.01. The quantitative estimate of drug-likeness (QED) is 0.640. The lowest BCUT2D eigenvalue weighted by Crippen LogP contribution is -2.00. The average Bonchev–Trinajstić information content (AvgIpc) is 2.15. The summed E-state index contributed by atoms with van der Waals surface area (Å²) < 4.78 is 13.5. The van der Waals surface area contributed by atoms with Crippen molar-refractivity contribution in [3.63, 3.8) is 0 Å². The fourth-order valence-corrected chi connectivity index (χ4v) is 2.10. The van der Waals surface area contributed by atoms with Crippen LogP contribution in [0.2, 0.25) is 5.02 Å². The van der Waals surface area contributed by atoms with Crippen LogP contribution in [-0.2, 0) is 0 Å². The standard InChI is InChI=1S/C10H9BrCl2FN/c11-8-5-7(14)6-9(13)10(8)15-4-2-1-3-12/h1-2,5-6,15H,3-4H2/b2-1+. The lowest BCUT2D eigenvalue weighted by molar-refractivity contribution is 0.627. The normalized spacial score (nSPS) is 10.9. The molecular weight excluding hydrogens is 304 g/mol. The molecular formula is C10H9BrCl2FN. The highest BCUT2D eigenvalue weighted by Crippen LogP contribution is 2.31. The smallest absolute Gasteiger partial charge is 0.125 e. The largest absolute Gasteiger partial charge is 0.379 e. The van der Waals surface area contributed by atoms with Crippen LogP contribution in [-0.4, -0.2) is 12.4 Å². The van der Waals surface area contributed by atoms with Crippen LogP contribution in [0.4, 0.5) is 10.1 Å². The minimum atomic E-state index is -0.367. The second-order valence-corrected chi connectivity index (χ2v) is 4.32. The third-order valence-corrected chi connectivity index (χ3v) is 2.76. The van der Waals surface area contributed by atoms with Crippen LogP contribution in [0.3, 0.4) is 0 Å². The van der Waals surface area contributed by atoms with E-state index in [0.717, 1.165) is 0 Å². The summed E-state index contributed by atoms with van der Waals surface area (Å²) in [5.74, 6) is 0.105. The number of hydrogen-bond donors (Lipinski definition) is 1. The molecule has 0 aromatic heterocycles. The summed E-state index contributed by atoms with van der Waals surface area (Å²) in [6.45, 7) is 0.594. The van der Waals surface area contributed by atoms with Gasteiger partial charge in [-0.25, -0.2) is 4.39 Å². The van der Waals surface area contributed by atoms with Gasteiger partial charge in [-0.1, -0.05) is 23.8 Å². The zero-order valence-electron chi connectivity index (χ0n) is 7.74. The van der Waals surface area contributed by atoms with Gasteiger partial charge in [-0.2, -0.15) is 0 Å². The summed E-state index contributed by atoms with van der Waals surface area (Å²) in [4.78, 5) is 0. The van der Waals surface area contributed by atoms with Gasteiger partial charge in [-0.15, -0.1) is 11.6 Å². The highest BCUT2D eigenvalue weighted by Gasteiger charge is 2.06. The molecule has 0 radical (unpaired) electrons. The summed E-state index contributed by atoms with van der Waals surface area (Å²) in [5, 5.41) is 3.40. The van der Waals surface area contributed by atoms with Crippen molar-refractivity contribution in [2.24, 2.45) is 0 Å². The van der Waals surface area contributed by atoms with Gasteiger partial charge in [0.05, 0.1) is 10.7 Å². The Morgan fingerprint density at radius 1 is 1.40 bits per heavy atom. The Morgan fingerprint density at radius 2 is 2.13 bits per heavy atom. The molecule has 1 aromatic rings. The molecule has 0 bridgehead atoms. The zero-order valence-corrected chi connectivity index (χ0v) is 10.8. The Hall–Kier alpha value is -0.250. The predicted molar refractivity (Wildman–Crippen MR) is 67.5 cm³/mol. The van der Waals surface area contributed by atoms with Crippen molar-refractivity contribution < 1.29 is 4.39 Å². The highest BCUT2D eigenvalue weighted by atomic mass is 79.9. The highest BCUT2D eigenvalue weighted by molar-refractivity contribution is 9.10. The second-order valence-electron chi connectivity index (χ2n) is 2.75. The Labute approximate surface area is 106 Å². The van der Waals surface area contributed by atoms with E-state index in [-0.39, 0.29) is 5.82 Å². The lowest BCUT2D eigenvalue weighted by Gasteiger charge is -2.08. The van der Waals surface area contributed by atoms with Crippen molar-refractivity contribution in [2.75, 3.05) is 17.7 Å². The maximum atomic E-state index is 12.9.